The molecular weight excluding hydrogens is 320 g/mol. The summed E-state index contributed by atoms with van der Waals surface area (Å²) in [6.45, 7) is 5.59. The van der Waals surface area contributed by atoms with Crippen LogP contribution in [0, 0.1) is 0 Å². The minimum Gasteiger partial charge on any atom is -0.506 e. The van der Waals surface area contributed by atoms with Crippen LogP contribution in [-0.4, -0.2) is 59.4 Å². The van der Waals surface area contributed by atoms with Gasteiger partial charge in [0.25, 0.3) is 0 Å². The lowest BCUT2D eigenvalue weighted by Crippen LogP contribution is -2.46. The fourth-order valence-electron chi connectivity index (χ4n) is 3.19. The molecule has 0 aromatic carbocycles. The average Bonchev–Trinajstić information content (AvgIpc) is 3.19. The molecule has 4 heterocycles. The molecule has 0 amide bonds. The van der Waals surface area contributed by atoms with E-state index in [0.29, 0.717) is 18.9 Å². The molecule has 1 N–H and O–H groups in total. The molecule has 0 spiro atoms. The molecule has 0 saturated carbocycles. The van der Waals surface area contributed by atoms with E-state index in [1.165, 1.54) is 0 Å². The molecule has 132 valence electrons. The molecule has 2 aliphatic heterocycles. The predicted molar refractivity (Wildman–Crippen MR) is 92.3 cm³/mol. The summed E-state index contributed by atoms with van der Waals surface area (Å²) in [5.74, 6) is 1.15. The van der Waals surface area contributed by atoms with Crippen molar-refractivity contribution < 1.29 is 14.6 Å². The second kappa shape index (κ2) is 7.35. The fraction of sp³-hybridized carbons (Fsp3) is 0.444. The molecule has 2 aromatic heterocycles. The summed E-state index contributed by atoms with van der Waals surface area (Å²) in [5.41, 5.74) is 1.39. The normalized spacial score (nSPS) is 19.4. The van der Waals surface area contributed by atoms with Crippen LogP contribution >= 0.6 is 0 Å². The zero-order valence-electron chi connectivity index (χ0n) is 14.0. The number of hydrogen-bond donors (Lipinski definition) is 1. The summed E-state index contributed by atoms with van der Waals surface area (Å²) in [5, 5.41) is 10.0. The van der Waals surface area contributed by atoms with E-state index in [1.807, 2.05) is 30.5 Å². The number of nitrogens with zero attached hydrogens (tertiary/aromatic N) is 4. The molecule has 2 aromatic rings. The van der Waals surface area contributed by atoms with Crippen LogP contribution in [0.4, 0.5) is 5.82 Å². The second-order valence-corrected chi connectivity index (χ2v) is 6.23. The lowest BCUT2D eigenvalue weighted by molar-refractivity contribution is -0.0489. The molecule has 2 fully saturated rings. The van der Waals surface area contributed by atoms with Gasteiger partial charge in [-0.25, -0.2) is 9.97 Å². The van der Waals surface area contributed by atoms with Crippen molar-refractivity contribution in [1.82, 2.24) is 14.9 Å². The molecule has 7 nitrogen and oxygen atoms in total. The highest BCUT2D eigenvalue weighted by Crippen LogP contribution is 2.29. The monoisotopic (exact) mass is 342 g/mol. The van der Waals surface area contributed by atoms with Crippen LogP contribution in [0.2, 0.25) is 0 Å². The predicted octanol–water partition coefficient (Wildman–Crippen LogP) is 1.55. The lowest BCUT2D eigenvalue weighted by Gasteiger charge is -2.35. The van der Waals surface area contributed by atoms with Crippen LogP contribution in [-0.2, 0) is 16.0 Å². The number of ether oxygens (including phenoxy) is 2. The van der Waals surface area contributed by atoms with E-state index in [4.69, 9.17) is 9.47 Å². The van der Waals surface area contributed by atoms with Crippen molar-refractivity contribution in [1.29, 1.82) is 0 Å². The Bertz CT molecular complexity index is 699. The van der Waals surface area contributed by atoms with Crippen molar-refractivity contribution in [3.63, 3.8) is 0 Å². The van der Waals surface area contributed by atoms with Crippen molar-refractivity contribution in [2.45, 2.75) is 12.8 Å². The van der Waals surface area contributed by atoms with E-state index in [2.05, 4.69) is 19.8 Å². The van der Waals surface area contributed by atoms with E-state index >= 15 is 0 Å². The Hall–Kier alpha value is -2.22. The first-order chi connectivity index (χ1) is 12.3. The summed E-state index contributed by atoms with van der Waals surface area (Å²) >= 11 is 0. The maximum Gasteiger partial charge on any atom is 0.204 e. The Kier molecular flexibility index (Phi) is 4.78. The Morgan fingerprint density at radius 3 is 2.56 bits per heavy atom. The van der Waals surface area contributed by atoms with Gasteiger partial charge < -0.3 is 19.5 Å². The number of rotatable bonds is 4. The van der Waals surface area contributed by atoms with E-state index in [-0.39, 0.29) is 5.75 Å². The van der Waals surface area contributed by atoms with Gasteiger partial charge in [0.05, 0.1) is 18.9 Å². The van der Waals surface area contributed by atoms with Gasteiger partial charge in [-0.15, -0.1) is 0 Å². The van der Waals surface area contributed by atoms with Crippen molar-refractivity contribution in [2.75, 3.05) is 44.3 Å². The second-order valence-electron chi connectivity index (χ2n) is 6.23. The van der Waals surface area contributed by atoms with E-state index < -0.39 is 6.29 Å². The smallest absolute Gasteiger partial charge is 0.204 e. The number of aromatic hydroxyl groups is 1. The van der Waals surface area contributed by atoms with Gasteiger partial charge in [0.2, 0.25) is 6.29 Å². The van der Waals surface area contributed by atoms with Crippen LogP contribution in [0.5, 0.6) is 5.75 Å². The van der Waals surface area contributed by atoms with Crippen LogP contribution in [0.25, 0.3) is 0 Å². The topological polar surface area (TPSA) is 71.0 Å². The molecule has 2 saturated heterocycles. The fourth-order valence-corrected chi connectivity index (χ4v) is 3.19. The van der Waals surface area contributed by atoms with E-state index in [0.717, 1.165) is 44.2 Å². The summed E-state index contributed by atoms with van der Waals surface area (Å²) in [6.07, 6.45) is 1.28. The minimum absolute atomic E-state index is 0.121. The minimum atomic E-state index is -0.555. The molecule has 0 aliphatic carbocycles. The standard InChI is InChI=1S/C18H22N4O3/c23-15-5-4-14(20-17(15)18-24-11-12-25-18)13-21-7-9-22(10-8-21)16-3-1-2-6-19-16/h1-6,18,23H,7-13H2. The molecule has 2 aliphatic rings. The molecule has 4 rings (SSSR count). The number of hydrogen-bond acceptors (Lipinski definition) is 7. The van der Waals surface area contributed by atoms with Crippen LogP contribution in [0.15, 0.2) is 36.5 Å². The Morgan fingerprint density at radius 2 is 1.84 bits per heavy atom. The SMILES string of the molecule is Oc1ccc(CN2CCN(c3ccccn3)CC2)nc1C1OCCO1. The van der Waals surface area contributed by atoms with Gasteiger partial charge >= 0.3 is 0 Å². The molecular formula is C18H22N4O3. The zero-order valence-corrected chi connectivity index (χ0v) is 14.0. The highest BCUT2D eigenvalue weighted by Gasteiger charge is 2.24. The van der Waals surface area contributed by atoms with Crippen LogP contribution in [0.3, 0.4) is 0 Å². The van der Waals surface area contributed by atoms with Crippen molar-refractivity contribution in [2.24, 2.45) is 0 Å². The summed E-state index contributed by atoms with van der Waals surface area (Å²) in [4.78, 5) is 13.6. The maximum atomic E-state index is 10.0. The van der Waals surface area contributed by atoms with E-state index in [1.54, 1.807) is 6.07 Å². The Balaban J connectivity index is 1.38. The van der Waals surface area contributed by atoms with E-state index in [9.17, 15) is 5.11 Å². The number of piperazine rings is 1. The highest BCUT2D eigenvalue weighted by molar-refractivity contribution is 5.38. The number of pyridine rings is 2. The van der Waals surface area contributed by atoms with Gasteiger partial charge in [-0.1, -0.05) is 6.07 Å². The van der Waals surface area contributed by atoms with Gasteiger partial charge in [0.1, 0.15) is 17.3 Å². The quantitative estimate of drug-likeness (QED) is 0.904. The van der Waals surface area contributed by atoms with Crippen LogP contribution < -0.4 is 4.90 Å². The molecule has 0 unspecified atom stereocenters. The zero-order chi connectivity index (χ0) is 17.1. The third-order valence-electron chi connectivity index (χ3n) is 4.54. The van der Waals surface area contributed by atoms with Gasteiger partial charge in [0, 0.05) is 38.9 Å². The molecule has 25 heavy (non-hydrogen) atoms. The lowest BCUT2D eigenvalue weighted by atomic mass is 10.2. The number of aromatic nitrogens is 2. The average molecular weight is 342 g/mol. The third kappa shape index (κ3) is 3.73. The Labute approximate surface area is 146 Å². The molecule has 0 radical (unpaired) electrons. The first-order valence-electron chi connectivity index (χ1n) is 8.60. The first kappa shape index (κ1) is 16.3. The number of anilines is 1. The Morgan fingerprint density at radius 1 is 1.04 bits per heavy atom. The third-order valence-corrected chi connectivity index (χ3v) is 4.54. The van der Waals surface area contributed by atoms with Crippen molar-refractivity contribution in [3.8, 4) is 5.75 Å². The molecule has 0 atom stereocenters. The summed E-state index contributed by atoms with van der Waals surface area (Å²) in [6, 6.07) is 9.53. The first-order valence-corrected chi connectivity index (χ1v) is 8.60. The van der Waals surface area contributed by atoms with Crippen molar-refractivity contribution in [3.05, 3.63) is 47.9 Å². The highest BCUT2D eigenvalue weighted by atomic mass is 16.7. The molecule has 7 heteroatoms. The van der Waals surface area contributed by atoms with Crippen molar-refractivity contribution >= 4 is 5.82 Å². The van der Waals surface area contributed by atoms with Gasteiger partial charge in [-0.2, -0.15) is 0 Å². The summed E-state index contributed by atoms with van der Waals surface area (Å²) < 4.78 is 10.9. The molecule has 0 bridgehead atoms. The summed E-state index contributed by atoms with van der Waals surface area (Å²) in [7, 11) is 0. The largest absolute Gasteiger partial charge is 0.506 e. The van der Waals surface area contributed by atoms with Gasteiger partial charge in [0.15, 0.2) is 0 Å². The van der Waals surface area contributed by atoms with Gasteiger partial charge in [-0.3, -0.25) is 4.90 Å². The maximum absolute atomic E-state index is 10.0. The van der Waals surface area contributed by atoms with Gasteiger partial charge in [-0.05, 0) is 24.3 Å². The van der Waals surface area contributed by atoms with Crippen LogP contribution in [0.1, 0.15) is 17.7 Å².